The monoisotopic (exact) mass is 213 g/mol. The Bertz CT molecular complexity index is 486. The Kier molecular flexibility index (Phi) is 3.14. The summed E-state index contributed by atoms with van der Waals surface area (Å²) in [7, 11) is 0. The SMILES string of the molecule is [CH2]c1ccc(OCC(C)C)c2ccccc12. The Labute approximate surface area is 97.1 Å². The first-order valence-corrected chi connectivity index (χ1v) is 5.65. The highest BCUT2D eigenvalue weighted by Gasteiger charge is 2.04. The molecule has 0 aliphatic carbocycles. The molecule has 0 amide bonds. The zero-order valence-corrected chi connectivity index (χ0v) is 9.86. The second kappa shape index (κ2) is 4.56. The van der Waals surface area contributed by atoms with Gasteiger partial charge in [-0.1, -0.05) is 44.2 Å². The van der Waals surface area contributed by atoms with Crippen molar-refractivity contribution in [3.05, 3.63) is 48.9 Å². The summed E-state index contributed by atoms with van der Waals surface area (Å²) in [4.78, 5) is 0. The summed E-state index contributed by atoms with van der Waals surface area (Å²) in [6.45, 7) is 9.08. The van der Waals surface area contributed by atoms with Crippen LogP contribution in [0, 0.1) is 12.8 Å². The molecule has 2 aromatic carbocycles. The van der Waals surface area contributed by atoms with Crippen LogP contribution in [0.4, 0.5) is 0 Å². The number of fused-ring (bicyclic) bond motifs is 1. The van der Waals surface area contributed by atoms with Crippen LogP contribution < -0.4 is 4.74 Å². The smallest absolute Gasteiger partial charge is 0.127 e. The van der Waals surface area contributed by atoms with E-state index >= 15 is 0 Å². The molecule has 1 radical (unpaired) electrons. The summed E-state index contributed by atoms with van der Waals surface area (Å²) in [5.74, 6) is 1.50. The molecule has 0 N–H and O–H groups in total. The fourth-order valence-corrected chi connectivity index (χ4v) is 1.72. The summed E-state index contributed by atoms with van der Waals surface area (Å²) in [6, 6.07) is 12.2. The summed E-state index contributed by atoms with van der Waals surface area (Å²) in [6.07, 6.45) is 0. The largest absolute Gasteiger partial charge is 0.493 e. The third-order valence-electron chi connectivity index (χ3n) is 2.55. The molecule has 0 atom stereocenters. The van der Waals surface area contributed by atoms with Crippen molar-refractivity contribution in [2.24, 2.45) is 5.92 Å². The minimum absolute atomic E-state index is 0.540. The van der Waals surface area contributed by atoms with Crippen LogP contribution in [0.1, 0.15) is 19.4 Å². The first-order valence-electron chi connectivity index (χ1n) is 5.65. The second-order valence-corrected chi connectivity index (χ2v) is 4.47. The topological polar surface area (TPSA) is 9.23 Å². The molecule has 0 fully saturated rings. The second-order valence-electron chi connectivity index (χ2n) is 4.47. The lowest BCUT2D eigenvalue weighted by Crippen LogP contribution is -2.04. The molecular weight excluding hydrogens is 196 g/mol. The van der Waals surface area contributed by atoms with Gasteiger partial charge in [0.25, 0.3) is 0 Å². The van der Waals surface area contributed by atoms with Crippen LogP contribution in [0.5, 0.6) is 5.75 Å². The highest BCUT2D eigenvalue weighted by atomic mass is 16.5. The van der Waals surface area contributed by atoms with Crippen LogP contribution in [-0.2, 0) is 0 Å². The summed E-state index contributed by atoms with van der Waals surface area (Å²) in [5.41, 5.74) is 1.05. The first-order chi connectivity index (χ1) is 7.68. The normalized spacial score (nSPS) is 11.0. The summed E-state index contributed by atoms with van der Waals surface area (Å²) in [5, 5.41) is 2.32. The van der Waals surface area contributed by atoms with Gasteiger partial charge < -0.3 is 4.74 Å². The number of benzene rings is 2. The van der Waals surface area contributed by atoms with Gasteiger partial charge in [-0.25, -0.2) is 0 Å². The van der Waals surface area contributed by atoms with Crippen molar-refractivity contribution in [2.45, 2.75) is 13.8 Å². The molecule has 2 aromatic rings. The van der Waals surface area contributed by atoms with Gasteiger partial charge in [0.05, 0.1) is 6.61 Å². The summed E-state index contributed by atoms with van der Waals surface area (Å²) < 4.78 is 5.81. The molecule has 0 unspecified atom stereocenters. The minimum Gasteiger partial charge on any atom is -0.493 e. The van der Waals surface area contributed by atoms with Gasteiger partial charge in [-0.15, -0.1) is 0 Å². The molecule has 0 spiro atoms. The summed E-state index contributed by atoms with van der Waals surface area (Å²) >= 11 is 0. The predicted molar refractivity (Wildman–Crippen MR) is 68.7 cm³/mol. The van der Waals surface area contributed by atoms with E-state index in [1.165, 1.54) is 5.39 Å². The Hall–Kier alpha value is -1.50. The van der Waals surface area contributed by atoms with Gasteiger partial charge in [0.15, 0.2) is 0 Å². The lowest BCUT2D eigenvalue weighted by molar-refractivity contribution is 0.274. The Morgan fingerprint density at radius 2 is 1.75 bits per heavy atom. The molecule has 1 heteroatoms. The van der Waals surface area contributed by atoms with Gasteiger partial charge in [0.1, 0.15) is 5.75 Å². The van der Waals surface area contributed by atoms with Crippen molar-refractivity contribution < 1.29 is 4.74 Å². The van der Waals surface area contributed by atoms with E-state index in [2.05, 4.69) is 32.9 Å². The average Bonchev–Trinajstić information content (AvgIpc) is 2.28. The standard InChI is InChI=1S/C15H17O/c1-11(2)10-16-15-9-8-12(3)13-6-4-5-7-14(13)15/h4-9,11H,3,10H2,1-2H3. The minimum atomic E-state index is 0.540. The van der Waals surface area contributed by atoms with E-state index in [9.17, 15) is 0 Å². The van der Waals surface area contributed by atoms with Crippen molar-refractivity contribution in [3.63, 3.8) is 0 Å². The quantitative estimate of drug-likeness (QED) is 0.747. The Morgan fingerprint density at radius 3 is 2.44 bits per heavy atom. The molecule has 0 heterocycles. The Morgan fingerprint density at radius 1 is 1.06 bits per heavy atom. The zero-order chi connectivity index (χ0) is 11.5. The van der Waals surface area contributed by atoms with Crippen LogP contribution in [-0.4, -0.2) is 6.61 Å². The van der Waals surface area contributed by atoms with E-state index in [-0.39, 0.29) is 0 Å². The van der Waals surface area contributed by atoms with E-state index in [1.54, 1.807) is 0 Å². The van der Waals surface area contributed by atoms with E-state index in [1.807, 2.05) is 24.3 Å². The number of hydrogen-bond donors (Lipinski definition) is 0. The number of hydrogen-bond acceptors (Lipinski definition) is 1. The molecule has 2 rings (SSSR count). The van der Waals surface area contributed by atoms with Gasteiger partial charge in [-0.05, 0) is 29.9 Å². The molecule has 0 aliphatic heterocycles. The van der Waals surface area contributed by atoms with Crippen LogP contribution in [0.15, 0.2) is 36.4 Å². The maximum Gasteiger partial charge on any atom is 0.127 e. The van der Waals surface area contributed by atoms with Crippen LogP contribution >= 0.6 is 0 Å². The van der Waals surface area contributed by atoms with E-state index in [0.29, 0.717) is 5.92 Å². The number of rotatable bonds is 3. The van der Waals surface area contributed by atoms with Crippen molar-refractivity contribution >= 4 is 10.8 Å². The molecule has 83 valence electrons. The number of ether oxygens (including phenoxy) is 1. The van der Waals surface area contributed by atoms with Crippen molar-refractivity contribution in [3.8, 4) is 5.75 Å². The van der Waals surface area contributed by atoms with E-state index in [4.69, 9.17) is 4.74 Å². The molecule has 0 aliphatic rings. The predicted octanol–water partition coefficient (Wildman–Crippen LogP) is 4.06. The zero-order valence-electron chi connectivity index (χ0n) is 9.86. The van der Waals surface area contributed by atoms with Crippen LogP contribution in [0.3, 0.4) is 0 Å². The highest BCUT2D eigenvalue weighted by molar-refractivity contribution is 5.91. The molecule has 0 saturated heterocycles. The van der Waals surface area contributed by atoms with Gasteiger partial charge in [-0.2, -0.15) is 0 Å². The maximum atomic E-state index is 5.81. The van der Waals surface area contributed by atoms with Crippen molar-refractivity contribution in [2.75, 3.05) is 6.61 Å². The van der Waals surface area contributed by atoms with Crippen LogP contribution in [0.25, 0.3) is 10.8 Å². The third kappa shape index (κ3) is 2.19. The van der Waals surface area contributed by atoms with Crippen LogP contribution in [0.2, 0.25) is 0 Å². The van der Waals surface area contributed by atoms with Gasteiger partial charge in [0, 0.05) is 5.39 Å². The lowest BCUT2D eigenvalue weighted by Gasteiger charge is -2.12. The molecule has 0 bridgehead atoms. The first kappa shape index (κ1) is 11.0. The molecule has 16 heavy (non-hydrogen) atoms. The van der Waals surface area contributed by atoms with Crippen molar-refractivity contribution in [1.29, 1.82) is 0 Å². The van der Waals surface area contributed by atoms with Crippen molar-refractivity contribution in [1.82, 2.24) is 0 Å². The lowest BCUT2D eigenvalue weighted by atomic mass is 10.0. The van der Waals surface area contributed by atoms with Gasteiger partial charge in [0.2, 0.25) is 0 Å². The Balaban J connectivity index is 2.42. The van der Waals surface area contributed by atoms with E-state index < -0.39 is 0 Å². The van der Waals surface area contributed by atoms with Gasteiger partial charge >= 0.3 is 0 Å². The van der Waals surface area contributed by atoms with Gasteiger partial charge in [-0.3, -0.25) is 0 Å². The molecule has 0 aromatic heterocycles. The molecule has 0 saturated carbocycles. The highest BCUT2D eigenvalue weighted by Crippen LogP contribution is 2.28. The average molecular weight is 213 g/mol. The maximum absolute atomic E-state index is 5.81. The third-order valence-corrected chi connectivity index (χ3v) is 2.55. The molecule has 1 nitrogen and oxygen atoms in total. The molecular formula is C15H17O. The fraction of sp³-hybridized carbons (Fsp3) is 0.267. The van der Waals surface area contributed by atoms with E-state index in [0.717, 1.165) is 23.3 Å². The fourth-order valence-electron chi connectivity index (χ4n) is 1.72.